The van der Waals surface area contributed by atoms with Crippen LogP contribution in [0.1, 0.15) is 24.9 Å². The topological polar surface area (TPSA) is 250 Å². The first kappa shape index (κ1) is 26.0. The van der Waals surface area contributed by atoms with E-state index >= 15 is 0 Å². The Morgan fingerprint density at radius 3 is 2.49 bits per heavy atom. The average Bonchev–Trinajstić information content (AvgIpc) is 3.10. The average molecular weight is 495 g/mol. The third kappa shape index (κ3) is 5.39. The summed E-state index contributed by atoms with van der Waals surface area (Å²) in [6.07, 6.45) is -6.15. The summed E-state index contributed by atoms with van der Waals surface area (Å²) in [6.45, 7) is 1.42. The van der Waals surface area contributed by atoms with E-state index in [1.807, 2.05) is 4.98 Å². The minimum absolute atomic E-state index is 0.111. The van der Waals surface area contributed by atoms with Gasteiger partial charge in [0.2, 0.25) is 5.91 Å². The van der Waals surface area contributed by atoms with Gasteiger partial charge in [0, 0.05) is 18.2 Å². The third-order valence-corrected chi connectivity index (χ3v) is 5.73. The van der Waals surface area contributed by atoms with Gasteiger partial charge in [-0.3, -0.25) is 24.1 Å². The fourth-order valence-electron chi connectivity index (χ4n) is 3.63. The van der Waals surface area contributed by atoms with Gasteiger partial charge >= 0.3 is 11.7 Å². The molecule has 1 unspecified atom stereocenters. The van der Waals surface area contributed by atoms with Gasteiger partial charge in [-0.1, -0.05) is 6.92 Å². The fraction of sp³-hybridized carbons (Fsp3) is 0.450. The molecule has 0 aliphatic carbocycles. The first-order valence-corrected chi connectivity index (χ1v) is 10.4. The van der Waals surface area contributed by atoms with Crippen LogP contribution in [-0.2, 0) is 14.3 Å². The number of nitrogens with two attached hydrogens (primary N) is 1. The first-order valence-electron chi connectivity index (χ1n) is 10.4. The quantitative estimate of drug-likeness (QED) is 0.178. The maximum absolute atomic E-state index is 12.7. The number of carboxylic acid groups (broad SMARTS) is 1. The number of hydrogen-bond acceptors (Lipinski definition) is 11. The van der Waals surface area contributed by atoms with Crippen molar-refractivity contribution in [3.63, 3.8) is 0 Å². The normalized spacial score (nSPS) is 25.4. The number of pyridine rings is 1. The van der Waals surface area contributed by atoms with Crippen molar-refractivity contribution < 1.29 is 39.9 Å². The molecule has 15 nitrogen and oxygen atoms in total. The molecule has 1 aliphatic rings. The van der Waals surface area contributed by atoms with Crippen LogP contribution >= 0.6 is 0 Å². The van der Waals surface area contributed by atoms with Crippen LogP contribution in [0.15, 0.2) is 40.2 Å². The van der Waals surface area contributed by atoms with Gasteiger partial charge in [-0.15, -0.1) is 0 Å². The van der Waals surface area contributed by atoms with E-state index in [0.717, 1.165) is 23.0 Å². The van der Waals surface area contributed by atoms with Gasteiger partial charge in [-0.05, 0) is 12.1 Å². The number of nitrogens with zero attached hydrogens (tertiary/aromatic N) is 2. The second-order valence-electron chi connectivity index (χ2n) is 8.09. The van der Waals surface area contributed by atoms with Crippen molar-refractivity contribution >= 4 is 11.9 Å². The van der Waals surface area contributed by atoms with Crippen molar-refractivity contribution in [2.45, 2.75) is 49.7 Å². The van der Waals surface area contributed by atoms with E-state index < -0.39 is 71.8 Å². The van der Waals surface area contributed by atoms with Crippen LogP contribution in [-0.4, -0.2) is 82.3 Å². The lowest BCUT2D eigenvalue weighted by Gasteiger charge is -2.28. The third-order valence-electron chi connectivity index (χ3n) is 5.73. The molecule has 2 aromatic rings. The highest BCUT2D eigenvalue weighted by molar-refractivity contribution is 5.87. The molecule has 9 N–H and O–H groups in total. The van der Waals surface area contributed by atoms with Crippen LogP contribution in [0.5, 0.6) is 5.75 Å². The van der Waals surface area contributed by atoms with Crippen molar-refractivity contribution in [1.29, 1.82) is 0 Å². The number of aromatic amines is 1. The maximum atomic E-state index is 12.7. The van der Waals surface area contributed by atoms with Crippen molar-refractivity contribution in [3.8, 4) is 5.75 Å². The zero-order valence-electron chi connectivity index (χ0n) is 18.3. The summed E-state index contributed by atoms with van der Waals surface area (Å²) < 4.78 is 6.16. The molecule has 1 saturated heterocycles. The minimum atomic E-state index is -1.90. The summed E-state index contributed by atoms with van der Waals surface area (Å²) in [5, 5.41) is 52.3. The number of carbonyl (C=O) groups excluding carboxylic acids is 1. The van der Waals surface area contributed by atoms with E-state index in [0.29, 0.717) is 0 Å². The van der Waals surface area contributed by atoms with Gasteiger partial charge in [0.15, 0.2) is 12.3 Å². The number of carbonyl (C=O) groups is 2. The second-order valence-corrected chi connectivity index (χ2v) is 8.09. The number of carboxylic acids is 1. The molecule has 190 valence electrons. The van der Waals surface area contributed by atoms with E-state index in [9.17, 15) is 44.7 Å². The number of rotatable bonds is 8. The SMILES string of the molecule is C[C@@H]([C@H](N)C(=O)N[C@H](C(=O)O)[C@H]1O[C@@H](n2ccc(=O)[nH]c2=O)[C@@H](O)C1O)[C@H](O)c1ccc(O)cn1. The Morgan fingerprint density at radius 1 is 1.23 bits per heavy atom. The van der Waals surface area contributed by atoms with Gasteiger partial charge in [0.1, 0.15) is 30.2 Å². The first-order chi connectivity index (χ1) is 16.4. The number of aromatic hydroxyl groups is 1. The monoisotopic (exact) mass is 495 g/mol. The van der Waals surface area contributed by atoms with E-state index in [-0.39, 0.29) is 11.4 Å². The maximum Gasteiger partial charge on any atom is 0.330 e. The molecule has 1 aliphatic heterocycles. The molecular weight excluding hydrogens is 470 g/mol. The molecular formula is C20H25N5O10. The zero-order chi connectivity index (χ0) is 26.0. The Balaban J connectivity index is 1.76. The fourth-order valence-corrected chi connectivity index (χ4v) is 3.63. The number of ether oxygens (including phenoxy) is 1. The number of aliphatic hydroxyl groups is 3. The van der Waals surface area contributed by atoms with Gasteiger partial charge in [0.25, 0.3) is 5.56 Å². The van der Waals surface area contributed by atoms with Crippen molar-refractivity contribution in [1.82, 2.24) is 19.9 Å². The van der Waals surface area contributed by atoms with Gasteiger partial charge in [-0.2, -0.15) is 0 Å². The molecule has 8 atom stereocenters. The number of aliphatic hydroxyl groups excluding tert-OH is 3. The zero-order valence-corrected chi connectivity index (χ0v) is 18.3. The Morgan fingerprint density at radius 2 is 1.91 bits per heavy atom. The highest BCUT2D eigenvalue weighted by Crippen LogP contribution is 2.30. The number of nitrogens with one attached hydrogen (secondary N) is 2. The van der Waals surface area contributed by atoms with Gasteiger partial charge in [-0.25, -0.2) is 9.59 Å². The highest BCUT2D eigenvalue weighted by atomic mass is 16.6. The summed E-state index contributed by atoms with van der Waals surface area (Å²) in [5.41, 5.74) is 4.33. The summed E-state index contributed by atoms with van der Waals surface area (Å²) in [5.74, 6) is -3.75. The molecule has 0 spiro atoms. The number of aromatic nitrogens is 3. The van der Waals surface area contributed by atoms with E-state index in [4.69, 9.17) is 10.5 Å². The molecule has 2 aromatic heterocycles. The smallest absolute Gasteiger partial charge is 0.330 e. The Hall–Kier alpha value is -3.63. The number of H-pyrrole nitrogens is 1. The molecule has 0 saturated carbocycles. The van der Waals surface area contributed by atoms with Crippen LogP contribution < -0.4 is 22.3 Å². The predicted octanol–water partition coefficient (Wildman–Crippen LogP) is -3.48. The van der Waals surface area contributed by atoms with Crippen LogP contribution in [0, 0.1) is 5.92 Å². The predicted molar refractivity (Wildman–Crippen MR) is 115 cm³/mol. The van der Waals surface area contributed by atoms with Crippen molar-refractivity contribution in [2.75, 3.05) is 0 Å². The molecule has 0 aromatic carbocycles. The van der Waals surface area contributed by atoms with Crippen LogP contribution in [0.3, 0.4) is 0 Å². The lowest BCUT2D eigenvalue weighted by molar-refractivity contribution is -0.149. The van der Waals surface area contributed by atoms with Gasteiger partial charge < -0.3 is 41.3 Å². The Labute approximate surface area is 196 Å². The molecule has 0 bridgehead atoms. The van der Waals surface area contributed by atoms with E-state index in [1.54, 1.807) is 0 Å². The lowest BCUT2D eigenvalue weighted by atomic mass is 9.92. The lowest BCUT2D eigenvalue weighted by Crippen LogP contribution is -2.57. The van der Waals surface area contributed by atoms with Crippen LogP contribution in [0.4, 0.5) is 0 Å². The second kappa shape index (κ2) is 10.3. The minimum Gasteiger partial charge on any atom is -0.506 e. The van der Waals surface area contributed by atoms with Crippen molar-refractivity contribution in [3.05, 3.63) is 57.1 Å². The van der Waals surface area contributed by atoms with E-state index in [1.165, 1.54) is 19.1 Å². The number of hydrogen-bond donors (Lipinski definition) is 8. The molecule has 0 radical (unpaired) electrons. The van der Waals surface area contributed by atoms with Crippen LogP contribution in [0.2, 0.25) is 0 Å². The number of amides is 1. The highest BCUT2D eigenvalue weighted by Gasteiger charge is 2.50. The molecule has 1 fully saturated rings. The largest absolute Gasteiger partial charge is 0.506 e. The summed E-state index contributed by atoms with van der Waals surface area (Å²) in [7, 11) is 0. The molecule has 3 rings (SSSR count). The van der Waals surface area contributed by atoms with Crippen molar-refractivity contribution in [2.24, 2.45) is 11.7 Å². The standard InChI is InChI=1S/C20H25N5O10/c1-7(13(28)9-3-2-8(26)6-22-9)11(21)17(31)24-12(19(32)33)16-14(29)15(30)18(35-16)25-5-4-10(27)23-20(25)34/h2-7,11-16,18,26,28-30H,21H2,1H3,(H,24,31)(H,32,33)(H,23,27,34)/t7-,11-,12-,13-,14?,15-,16+,18+/m0/s1. The molecule has 15 heteroatoms. The molecule has 3 heterocycles. The Bertz CT molecular complexity index is 1180. The summed E-state index contributed by atoms with van der Waals surface area (Å²) in [4.78, 5) is 53.7. The Kier molecular flexibility index (Phi) is 7.67. The molecule has 35 heavy (non-hydrogen) atoms. The van der Waals surface area contributed by atoms with Crippen LogP contribution in [0.25, 0.3) is 0 Å². The summed E-state index contributed by atoms with van der Waals surface area (Å²) in [6, 6.07) is 0.215. The van der Waals surface area contributed by atoms with Gasteiger partial charge in [0.05, 0.1) is 17.9 Å². The van der Waals surface area contributed by atoms with E-state index in [2.05, 4.69) is 10.3 Å². The number of aliphatic carboxylic acids is 1. The molecule has 1 amide bonds. The summed E-state index contributed by atoms with van der Waals surface area (Å²) >= 11 is 0.